The van der Waals surface area contributed by atoms with Gasteiger partial charge in [-0.15, -0.1) is 0 Å². The molecule has 0 spiro atoms. The smallest absolute Gasteiger partial charge is 0.227 e. The minimum Gasteiger partial charge on any atom is -0.444 e. The SMILES string of the molecule is Clc1ccc(-c2nc(CNCCN3CCOCC3)co2)c(Cl)c1. The fraction of sp³-hybridized carbons (Fsp3) is 0.438. The molecule has 124 valence electrons. The molecular formula is C16H19Cl2N3O2. The van der Waals surface area contributed by atoms with Crippen LogP contribution in [-0.2, 0) is 11.3 Å². The van der Waals surface area contributed by atoms with Crippen LogP contribution in [0.3, 0.4) is 0 Å². The number of benzene rings is 1. The predicted molar refractivity (Wildman–Crippen MR) is 90.9 cm³/mol. The number of morpholine rings is 1. The van der Waals surface area contributed by atoms with Crippen LogP contribution in [-0.4, -0.2) is 49.3 Å². The summed E-state index contributed by atoms with van der Waals surface area (Å²) < 4.78 is 10.8. The highest BCUT2D eigenvalue weighted by Crippen LogP contribution is 2.29. The summed E-state index contributed by atoms with van der Waals surface area (Å²) in [7, 11) is 0. The highest BCUT2D eigenvalue weighted by molar-refractivity contribution is 6.36. The summed E-state index contributed by atoms with van der Waals surface area (Å²) in [6.45, 7) is 6.25. The van der Waals surface area contributed by atoms with Gasteiger partial charge in [-0.2, -0.15) is 0 Å². The minimum atomic E-state index is 0.511. The molecule has 0 saturated carbocycles. The Labute approximate surface area is 145 Å². The first-order valence-electron chi connectivity index (χ1n) is 7.63. The third-order valence-electron chi connectivity index (χ3n) is 3.73. The zero-order valence-corrected chi connectivity index (χ0v) is 14.2. The second kappa shape index (κ2) is 8.13. The van der Waals surface area contributed by atoms with E-state index < -0.39 is 0 Å². The summed E-state index contributed by atoms with van der Waals surface area (Å²) in [6.07, 6.45) is 1.65. The van der Waals surface area contributed by atoms with Crippen LogP contribution in [0.2, 0.25) is 10.0 Å². The molecule has 0 amide bonds. The van der Waals surface area contributed by atoms with E-state index in [1.165, 1.54) is 0 Å². The van der Waals surface area contributed by atoms with Gasteiger partial charge in [0.25, 0.3) is 0 Å². The standard InChI is InChI=1S/C16H19Cl2N3O2/c17-12-1-2-14(15(18)9-12)16-20-13(11-23-16)10-19-3-4-21-5-7-22-8-6-21/h1-2,9,11,19H,3-8,10H2. The van der Waals surface area contributed by atoms with Gasteiger partial charge in [-0.05, 0) is 18.2 Å². The van der Waals surface area contributed by atoms with Gasteiger partial charge in [0.05, 0.1) is 29.5 Å². The maximum Gasteiger partial charge on any atom is 0.227 e. The predicted octanol–water partition coefficient (Wildman–Crippen LogP) is 3.07. The summed E-state index contributed by atoms with van der Waals surface area (Å²) in [6, 6.07) is 5.27. The maximum atomic E-state index is 6.17. The molecule has 5 nitrogen and oxygen atoms in total. The van der Waals surface area contributed by atoms with Crippen molar-refractivity contribution in [1.29, 1.82) is 0 Å². The normalized spacial score (nSPS) is 15.9. The average Bonchev–Trinajstić information content (AvgIpc) is 3.01. The van der Waals surface area contributed by atoms with Crippen LogP contribution >= 0.6 is 23.2 Å². The molecule has 1 saturated heterocycles. The van der Waals surface area contributed by atoms with E-state index in [2.05, 4.69) is 15.2 Å². The Morgan fingerprint density at radius 1 is 1.22 bits per heavy atom. The fourth-order valence-corrected chi connectivity index (χ4v) is 2.94. The number of hydrogen-bond acceptors (Lipinski definition) is 5. The van der Waals surface area contributed by atoms with Gasteiger partial charge in [0.2, 0.25) is 5.89 Å². The van der Waals surface area contributed by atoms with Crippen LogP contribution in [0.15, 0.2) is 28.9 Å². The van der Waals surface area contributed by atoms with Gasteiger partial charge >= 0.3 is 0 Å². The monoisotopic (exact) mass is 355 g/mol. The number of aromatic nitrogens is 1. The molecule has 2 aromatic rings. The van der Waals surface area contributed by atoms with E-state index in [0.29, 0.717) is 22.5 Å². The van der Waals surface area contributed by atoms with Crippen molar-refractivity contribution in [3.63, 3.8) is 0 Å². The van der Waals surface area contributed by atoms with Crippen LogP contribution in [0.4, 0.5) is 0 Å². The van der Waals surface area contributed by atoms with E-state index in [9.17, 15) is 0 Å². The Morgan fingerprint density at radius 3 is 2.83 bits per heavy atom. The van der Waals surface area contributed by atoms with Crippen LogP contribution in [0.5, 0.6) is 0 Å². The molecule has 0 aliphatic carbocycles. The second-order valence-corrected chi connectivity index (χ2v) is 6.24. The van der Waals surface area contributed by atoms with Crippen molar-refractivity contribution >= 4 is 23.2 Å². The second-order valence-electron chi connectivity index (χ2n) is 5.40. The van der Waals surface area contributed by atoms with Gasteiger partial charge in [0, 0.05) is 37.7 Å². The van der Waals surface area contributed by atoms with Crippen molar-refractivity contribution in [1.82, 2.24) is 15.2 Å². The highest BCUT2D eigenvalue weighted by atomic mass is 35.5. The third-order valence-corrected chi connectivity index (χ3v) is 4.28. The lowest BCUT2D eigenvalue weighted by molar-refractivity contribution is 0.0384. The number of nitrogens with one attached hydrogen (secondary N) is 1. The van der Waals surface area contributed by atoms with Crippen LogP contribution < -0.4 is 5.32 Å². The van der Waals surface area contributed by atoms with Gasteiger partial charge in [0.15, 0.2) is 0 Å². The molecular weight excluding hydrogens is 337 g/mol. The molecule has 7 heteroatoms. The Balaban J connectivity index is 1.49. The Kier molecular flexibility index (Phi) is 5.91. The molecule has 0 unspecified atom stereocenters. The van der Waals surface area contributed by atoms with Crippen molar-refractivity contribution in [2.75, 3.05) is 39.4 Å². The van der Waals surface area contributed by atoms with E-state index in [1.54, 1.807) is 18.4 Å². The Hall–Kier alpha value is -1.11. The van der Waals surface area contributed by atoms with Gasteiger partial charge < -0.3 is 14.5 Å². The first-order valence-corrected chi connectivity index (χ1v) is 8.38. The van der Waals surface area contributed by atoms with E-state index >= 15 is 0 Å². The molecule has 1 aromatic heterocycles. The van der Waals surface area contributed by atoms with Crippen LogP contribution in [0, 0.1) is 0 Å². The van der Waals surface area contributed by atoms with Crippen molar-refractivity contribution in [3.8, 4) is 11.5 Å². The van der Waals surface area contributed by atoms with Crippen molar-refractivity contribution in [3.05, 3.63) is 40.2 Å². The number of oxazole rings is 1. The molecule has 1 aliphatic rings. The summed E-state index contributed by atoms with van der Waals surface area (Å²) in [5.41, 5.74) is 1.60. The molecule has 1 aliphatic heterocycles. The topological polar surface area (TPSA) is 50.5 Å². The highest BCUT2D eigenvalue weighted by Gasteiger charge is 2.12. The summed E-state index contributed by atoms with van der Waals surface area (Å²) in [5.74, 6) is 0.511. The van der Waals surface area contributed by atoms with E-state index in [-0.39, 0.29) is 0 Å². The quantitative estimate of drug-likeness (QED) is 0.807. The fourth-order valence-electron chi connectivity index (χ4n) is 2.45. The first-order chi connectivity index (χ1) is 11.2. The summed E-state index contributed by atoms with van der Waals surface area (Å²) in [4.78, 5) is 6.85. The zero-order valence-electron chi connectivity index (χ0n) is 12.7. The lowest BCUT2D eigenvalue weighted by atomic mass is 10.2. The number of halogens is 2. The molecule has 1 N–H and O–H groups in total. The van der Waals surface area contributed by atoms with Gasteiger partial charge in [0.1, 0.15) is 6.26 Å². The van der Waals surface area contributed by atoms with E-state index in [1.807, 2.05) is 6.07 Å². The van der Waals surface area contributed by atoms with Crippen molar-refractivity contribution in [2.45, 2.75) is 6.54 Å². The molecule has 2 heterocycles. The average molecular weight is 356 g/mol. The lowest BCUT2D eigenvalue weighted by Crippen LogP contribution is -2.40. The van der Waals surface area contributed by atoms with Crippen molar-refractivity contribution in [2.24, 2.45) is 0 Å². The molecule has 0 bridgehead atoms. The molecule has 0 radical (unpaired) electrons. The minimum absolute atomic E-state index is 0.511. The number of nitrogens with zero attached hydrogens (tertiary/aromatic N) is 2. The number of hydrogen-bond donors (Lipinski definition) is 1. The molecule has 23 heavy (non-hydrogen) atoms. The first kappa shape index (κ1) is 16.7. The third kappa shape index (κ3) is 4.68. The molecule has 3 rings (SSSR count). The van der Waals surface area contributed by atoms with Crippen molar-refractivity contribution < 1.29 is 9.15 Å². The zero-order chi connectivity index (χ0) is 16.1. The Morgan fingerprint density at radius 2 is 2.04 bits per heavy atom. The van der Waals surface area contributed by atoms with Gasteiger partial charge in [-0.25, -0.2) is 4.98 Å². The van der Waals surface area contributed by atoms with Gasteiger partial charge in [-0.3, -0.25) is 4.90 Å². The van der Waals surface area contributed by atoms with Crippen LogP contribution in [0.25, 0.3) is 11.5 Å². The summed E-state index contributed by atoms with van der Waals surface area (Å²) in [5, 5.41) is 4.50. The summed E-state index contributed by atoms with van der Waals surface area (Å²) >= 11 is 12.1. The molecule has 0 atom stereocenters. The number of ether oxygens (including phenoxy) is 1. The Bertz CT molecular complexity index is 642. The van der Waals surface area contributed by atoms with E-state index in [0.717, 1.165) is 50.7 Å². The van der Waals surface area contributed by atoms with E-state index in [4.69, 9.17) is 32.4 Å². The maximum absolute atomic E-state index is 6.17. The number of rotatable bonds is 6. The van der Waals surface area contributed by atoms with Gasteiger partial charge in [-0.1, -0.05) is 23.2 Å². The molecule has 1 aromatic carbocycles. The molecule has 1 fully saturated rings. The van der Waals surface area contributed by atoms with Crippen LogP contribution in [0.1, 0.15) is 5.69 Å². The largest absolute Gasteiger partial charge is 0.444 e. The lowest BCUT2D eigenvalue weighted by Gasteiger charge is -2.26.